The number of pyridine rings is 1. The van der Waals surface area contributed by atoms with Gasteiger partial charge in [0.2, 0.25) is 11.5 Å². The SMILES string of the molecule is CC(Nc1nc(Nc2cn(C)cn2)c2ccc(=O)[nH]c2n1)c1ncc(F)cn1. The normalized spacial score (nSPS) is 12.1. The van der Waals surface area contributed by atoms with Crippen molar-refractivity contribution in [1.82, 2.24) is 34.5 Å². The van der Waals surface area contributed by atoms with Crippen LogP contribution in [0.25, 0.3) is 11.0 Å². The van der Waals surface area contributed by atoms with Gasteiger partial charge in [-0.3, -0.25) is 4.79 Å². The molecule has 4 heterocycles. The Morgan fingerprint density at radius 1 is 1.18 bits per heavy atom. The second-order valence-corrected chi connectivity index (χ2v) is 6.16. The summed E-state index contributed by atoms with van der Waals surface area (Å²) in [7, 11) is 1.85. The highest BCUT2D eigenvalue weighted by atomic mass is 19.1. The van der Waals surface area contributed by atoms with Gasteiger partial charge in [0, 0.05) is 19.3 Å². The molecule has 4 aromatic heterocycles. The van der Waals surface area contributed by atoms with E-state index in [1.807, 2.05) is 7.05 Å². The lowest BCUT2D eigenvalue weighted by Gasteiger charge is -2.14. The van der Waals surface area contributed by atoms with Crippen molar-refractivity contribution in [3.63, 3.8) is 0 Å². The molecule has 0 amide bonds. The van der Waals surface area contributed by atoms with Gasteiger partial charge in [0.05, 0.1) is 30.1 Å². The number of imidazole rings is 1. The van der Waals surface area contributed by atoms with Crippen LogP contribution in [0.1, 0.15) is 18.8 Å². The molecule has 0 bridgehead atoms. The van der Waals surface area contributed by atoms with Gasteiger partial charge in [-0.25, -0.2) is 19.3 Å². The van der Waals surface area contributed by atoms with Gasteiger partial charge in [0.15, 0.2) is 5.82 Å². The minimum absolute atomic E-state index is 0.244. The Hall–Kier alpha value is -3.89. The molecule has 0 aromatic carbocycles. The second kappa shape index (κ2) is 7.02. The zero-order valence-electron chi connectivity index (χ0n) is 15.0. The molecule has 0 saturated heterocycles. The second-order valence-electron chi connectivity index (χ2n) is 6.16. The number of nitrogens with one attached hydrogen (secondary N) is 3. The van der Waals surface area contributed by atoms with Gasteiger partial charge in [-0.15, -0.1) is 0 Å². The first-order chi connectivity index (χ1) is 13.5. The lowest BCUT2D eigenvalue weighted by atomic mass is 10.3. The van der Waals surface area contributed by atoms with E-state index in [1.165, 1.54) is 6.07 Å². The Balaban J connectivity index is 1.71. The van der Waals surface area contributed by atoms with Crippen molar-refractivity contribution in [3.8, 4) is 0 Å². The molecule has 0 saturated carbocycles. The molecule has 142 valence electrons. The van der Waals surface area contributed by atoms with E-state index in [-0.39, 0.29) is 11.5 Å². The van der Waals surface area contributed by atoms with Crippen LogP contribution in [0, 0.1) is 5.82 Å². The molecule has 0 aliphatic carbocycles. The van der Waals surface area contributed by atoms with E-state index >= 15 is 0 Å². The summed E-state index contributed by atoms with van der Waals surface area (Å²) < 4.78 is 14.8. The van der Waals surface area contributed by atoms with Crippen molar-refractivity contribution >= 4 is 28.6 Å². The van der Waals surface area contributed by atoms with E-state index in [1.54, 1.807) is 30.1 Å². The number of anilines is 3. The fourth-order valence-corrected chi connectivity index (χ4v) is 2.60. The predicted octanol–water partition coefficient (Wildman–Crippen LogP) is 1.90. The fourth-order valence-electron chi connectivity index (χ4n) is 2.60. The molecular weight excluding hydrogens is 365 g/mol. The summed E-state index contributed by atoms with van der Waals surface area (Å²) in [6, 6.07) is 2.64. The third-order valence-corrected chi connectivity index (χ3v) is 3.91. The van der Waals surface area contributed by atoms with Crippen molar-refractivity contribution < 1.29 is 4.39 Å². The van der Waals surface area contributed by atoms with Gasteiger partial charge >= 0.3 is 0 Å². The highest BCUT2D eigenvalue weighted by molar-refractivity contribution is 5.88. The monoisotopic (exact) mass is 381 g/mol. The van der Waals surface area contributed by atoms with Gasteiger partial charge in [-0.1, -0.05) is 0 Å². The van der Waals surface area contributed by atoms with E-state index in [4.69, 9.17) is 0 Å². The van der Waals surface area contributed by atoms with Crippen molar-refractivity contribution in [1.29, 1.82) is 0 Å². The minimum Gasteiger partial charge on any atom is -0.344 e. The van der Waals surface area contributed by atoms with Crippen LogP contribution in [0.3, 0.4) is 0 Å². The number of aryl methyl sites for hydroxylation is 1. The van der Waals surface area contributed by atoms with E-state index in [0.717, 1.165) is 12.4 Å². The first kappa shape index (κ1) is 17.5. The molecule has 4 aromatic rings. The fraction of sp³-hybridized carbons (Fsp3) is 0.176. The maximum atomic E-state index is 13.0. The van der Waals surface area contributed by atoms with Crippen LogP contribution >= 0.6 is 0 Å². The van der Waals surface area contributed by atoms with Gasteiger partial charge < -0.3 is 20.2 Å². The Labute approximate surface area is 157 Å². The third kappa shape index (κ3) is 3.63. The van der Waals surface area contributed by atoms with Crippen LogP contribution in [0.15, 0.2) is 41.8 Å². The average molecular weight is 381 g/mol. The Morgan fingerprint density at radius 2 is 1.96 bits per heavy atom. The van der Waals surface area contributed by atoms with Gasteiger partial charge in [0.25, 0.3) is 0 Å². The number of rotatable bonds is 5. The third-order valence-electron chi connectivity index (χ3n) is 3.91. The smallest absolute Gasteiger partial charge is 0.249 e. The molecule has 28 heavy (non-hydrogen) atoms. The van der Waals surface area contributed by atoms with E-state index in [0.29, 0.717) is 28.5 Å². The van der Waals surface area contributed by atoms with Crippen LogP contribution in [0.4, 0.5) is 22.0 Å². The van der Waals surface area contributed by atoms with Crippen LogP contribution in [0.5, 0.6) is 0 Å². The molecule has 1 unspecified atom stereocenters. The molecule has 4 rings (SSSR count). The molecule has 10 nitrogen and oxygen atoms in total. The summed E-state index contributed by atoms with van der Waals surface area (Å²) >= 11 is 0. The van der Waals surface area contributed by atoms with Gasteiger partial charge in [0.1, 0.15) is 23.1 Å². The molecule has 1 atom stereocenters. The number of halogens is 1. The van der Waals surface area contributed by atoms with E-state index in [9.17, 15) is 9.18 Å². The summed E-state index contributed by atoms with van der Waals surface area (Å²) in [4.78, 5) is 35.4. The predicted molar refractivity (Wildman–Crippen MR) is 101 cm³/mol. The number of aromatic amines is 1. The topological polar surface area (TPSA) is 126 Å². The number of hydrogen-bond donors (Lipinski definition) is 3. The standard InChI is InChI=1S/C17H16FN9O/c1-9(14-19-5-10(18)6-20-14)22-17-25-15(23-12-7-27(2)8-21-12)11-3-4-13(28)24-16(11)26-17/h3-9H,1-2H3,(H3,22,23,24,25,26,28). The zero-order valence-corrected chi connectivity index (χ0v) is 15.0. The van der Waals surface area contributed by atoms with Gasteiger partial charge in [-0.2, -0.15) is 9.97 Å². The number of fused-ring (bicyclic) bond motifs is 1. The largest absolute Gasteiger partial charge is 0.344 e. The maximum absolute atomic E-state index is 13.0. The Morgan fingerprint density at radius 3 is 2.68 bits per heavy atom. The zero-order chi connectivity index (χ0) is 19.7. The first-order valence-electron chi connectivity index (χ1n) is 8.38. The van der Waals surface area contributed by atoms with Crippen molar-refractivity contribution in [2.45, 2.75) is 13.0 Å². The van der Waals surface area contributed by atoms with Crippen LogP contribution in [-0.2, 0) is 7.05 Å². The molecular formula is C17H16FN9O. The molecule has 0 radical (unpaired) electrons. The van der Waals surface area contributed by atoms with Crippen LogP contribution in [0.2, 0.25) is 0 Å². The summed E-state index contributed by atoms with van der Waals surface area (Å²) in [5, 5.41) is 6.81. The van der Waals surface area contributed by atoms with E-state index in [2.05, 4.69) is 40.5 Å². The van der Waals surface area contributed by atoms with Crippen LogP contribution in [-0.4, -0.2) is 34.5 Å². The summed E-state index contributed by atoms with van der Waals surface area (Å²) in [6.45, 7) is 1.79. The quantitative estimate of drug-likeness (QED) is 0.478. The summed E-state index contributed by atoms with van der Waals surface area (Å²) in [5.41, 5.74) is 0.0755. The molecule has 0 spiro atoms. The number of H-pyrrole nitrogens is 1. The summed E-state index contributed by atoms with van der Waals surface area (Å²) in [6.07, 6.45) is 5.63. The van der Waals surface area contributed by atoms with Crippen molar-refractivity contribution in [2.24, 2.45) is 7.05 Å². The Bertz CT molecular complexity index is 1190. The molecule has 11 heteroatoms. The van der Waals surface area contributed by atoms with E-state index < -0.39 is 11.9 Å². The van der Waals surface area contributed by atoms with Crippen molar-refractivity contribution in [3.05, 3.63) is 59.0 Å². The lowest BCUT2D eigenvalue weighted by Crippen LogP contribution is -2.14. The highest BCUT2D eigenvalue weighted by Gasteiger charge is 2.14. The maximum Gasteiger partial charge on any atom is 0.249 e. The number of hydrogen-bond acceptors (Lipinski definition) is 8. The summed E-state index contributed by atoms with van der Waals surface area (Å²) in [5.74, 6) is 1.17. The molecule has 3 N–H and O–H groups in total. The highest BCUT2D eigenvalue weighted by Crippen LogP contribution is 2.24. The molecule has 0 aliphatic rings. The Kier molecular flexibility index (Phi) is 4.39. The molecule has 0 aliphatic heterocycles. The minimum atomic E-state index is -0.516. The van der Waals surface area contributed by atoms with Gasteiger partial charge in [-0.05, 0) is 13.0 Å². The average Bonchev–Trinajstić information content (AvgIpc) is 3.06. The lowest BCUT2D eigenvalue weighted by molar-refractivity contribution is 0.604. The van der Waals surface area contributed by atoms with Crippen molar-refractivity contribution in [2.75, 3.05) is 10.6 Å². The molecule has 0 fully saturated rings. The number of aromatic nitrogens is 7. The number of nitrogens with zero attached hydrogens (tertiary/aromatic N) is 6. The first-order valence-corrected chi connectivity index (χ1v) is 8.38. The van der Waals surface area contributed by atoms with Crippen LogP contribution < -0.4 is 16.2 Å².